The second-order valence-electron chi connectivity index (χ2n) is 7.35. The highest BCUT2D eigenvalue weighted by Gasteiger charge is 2.18. The zero-order chi connectivity index (χ0) is 23.1. The minimum absolute atomic E-state index is 0.0780. The van der Waals surface area contributed by atoms with Crippen LogP contribution in [0.3, 0.4) is 0 Å². The second kappa shape index (κ2) is 10.7. The number of rotatable bonds is 11. The van der Waals surface area contributed by atoms with Crippen LogP contribution in [-0.2, 0) is 26.2 Å². The number of benzene rings is 2. The predicted molar refractivity (Wildman–Crippen MR) is 121 cm³/mol. The van der Waals surface area contributed by atoms with Gasteiger partial charge >= 0.3 is 0 Å². The van der Waals surface area contributed by atoms with Crippen LogP contribution >= 0.6 is 0 Å². The minimum Gasteiger partial charge on any atom is -0.493 e. The zero-order valence-electron chi connectivity index (χ0n) is 18.1. The summed E-state index contributed by atoms with van der Waals surface area (Å²) in [7, 11) is -2.08. The molecule has 0 bridgehead atoms. The number of hydroxylamine groups is 1. The van der Waals surface area contributed by atoms with Gasteiger partial charge in [0.05, 0.1) is 29.3 Å². The van der Waals surface area contributed by atoms with Crippen molar-refractivity contribution < 1.29 is 23.1 Å². The fourth-order valence-corrected chi connectivity index (χ4v) is 4.23. The molecule has 0 amide bonds. The Morgan fingerprint density at radius 2 is 1.97 bits per heavy atom. The molecular weight excluding hydrogens is 434 g/mol. The number of azo groups is 1. The third-order valence-corrected chi connectivity index (χ3v) is 6.01. The van der Waals surface area contributed by atoms with E-state index in [2.05, 4.69) is 25.4 Å². The summed E-state index contributed by atoms with van der Waals surface area (Å²) in [5, 5.41) is 19.1. The molecule has 0 unspecified atom stereocenters. The lowest BCUT2D eigenvalue weighted by molar-refractivity contribution is 0.0153. The Morgan fingerprint density at radius 3 is 2.72 bits per heavy atom. The summed E-state index contributed by atoms with van der Waals surface area (Å²) in [6.45, 7) is 4.92. The molecule has 172 valence electrons. The third kappa shape index (κ3) is 6.11. The zero-order valence-corrected chi connectivity index (χ0v) is 18.9. The molecule has 11 heteroatoms. The van der Waals surface area contributed by atoms with Crippen LogP contribution in [0.15, 0.2) is 57.6 Å². The molecule has 0 saturated heterocycles. The maximum Gasteiger partial charge on any atom is 0.240 e. The van der Waals surface area contributed by atoms with Gasteiger partial charge in [-0.3, -0.25) is 4.84 Å². The normalized spacial score (nSPS) is 12.4. The Kier molecular flexibility index (Phi) is 7.94. The van der Waals surface area contributed by atoms with Gasteiger partial charge in [0.1, 0.15) is 0 Å². The molecule has 0 saturated carbocycles. The third-order valence-electron chi connectivity index (χ3n) is 4.35. The molecule has 4 N–H and O–H groups in total. The number of H-pyrrole nitrogens is 1. The average Bonchev–Trinajstić information content (AvgIpc) is 3.05. The molecule has 10 nitrogen and oxygen atoms in total. The summed E-state index contributed by atoms with van der Waals surface area (Å²) >= 11 is 0. The molecule has 0 aliphatic rings. The van der Waals surface area contributed by atoms with Gasteiger partial charge < -0.3 is 14.8 Å². The first kappa shape index (κ1) is 23.8. The monoisotopic (exact) mass is 461 g/mol. The SMILES string of the molecule is COCCNOCc1cccc(N=Nc2c(O)[nH]c3ccc(S(=O)(=O)NC(C)C)cc23)c1. The number of hydrogen-bond donors (Lipinski definition) is 4. The number of fused-ring (bicyclic) bond motifs is 1. The van der Waals surface area contributed by atoms with Crippen LogP contribution in [0.5, 0.6) is 5.88 Å². The topological polar surface area (TPSA) is 137 Å². The van der Waals surface area contributed by atoms with Crippen molar-refractivity contribution in [2.24, 2.45) is 10.2 Å². The van der Waals surface area contributed by atoms with Crippen molar-refractivity contribution in [3.05, 3.63) is 48.0 Å². The lowest BCUT2D eigenvalue weighted by atomic mass is 10.2. The van der Waals surface area contributed by atoms with Crippen molar-refractivity contribution in [3.63, 3.8) is 0 Å². The number of aromatic amines is 1. The van der Waals surface area contributed by atoms with Crippen molar-refractivity contribution >= 4 is 32.3 Å². The molecule has 3 rings (SSSR count). The van der Waals surface area contributed by atoms with Crippen molar-refractivity contribution in [2.45, 2.75) is 31.4 Å². The number of ether oxygens (including phenoxy) is 1. The molecule has 2 aromatic carbocycles. The smallest absolute Gasteiger partial charge is 0.240 e. The molecular formula is C21H27N5O5S. The molecule has 0 radical (unpaired) electrons. The molecule has 1 heterocycles. The number of aromatic hydroxyl groups is 1. The van der Waals surface area contributed by atoms with E-state index in [-0.39, 0.29) is 22.5 Å². The van der Waals surface area contributed by atoms with Crippen molar-refractivity contribution in [3.8, 4) is 5.88 Å². The van der Waals surface area contributed by atoms with Gasteiger partial charge in [-0.2, -0.15) is 10.6 Å². The molecule has 0 atom stereocenters. The van der Waals surface area contributed by atoms with Gasteiger partial charge in [-0.1, -0.05) is 12.1 Å². The number of sulfonamides is 1. The first-order chi connectivity index (χ1) is 15.3. The van der Waals surface area contributed by atoms with Gasteiger partial charge in [0.2, 0.25) is 15.9 Å². The van der Waals surface area contributed by atoms with Gasteiger partial charge in [0.15, 0.2) is 5.69 Å². The van der Waals surface area contributed by atoms with E-state index in [1.54, 1.807) is 39.2 Å². The van der Waals surface area contributed by atoms with E-state index in [1.165, 1.54) is 12.1 Å². The van der Waals surface area contributed by atoms with Crippen LogP contribution in [-0.4, -0.2) is 44.8 Å². The van der Waals surface area contributed by atoms with Crippen LogP contribution in [0.25, 0.3) is 10.9 Å². The van der Waals surface area contributed by atoms with E-state index < -0.39 is 10.0 Å². The molecule has 3 aromatic rings. The Labute approximate surface area is 186 Å². The Balaban J connectivity index is 1.82. The van der Waals surface area contributed by atoms with E-state index in [1.807, 2.05) is 12.1 Å². The van der Waals surface area contributed by atoms with Gasteiger partial charge in [-0.15, -0.1) is 5.11 Å². The summed E-state index contributed by atoms with van der Waals surface area (Å²) < 4.78 is 32.5. The lowest BCUT2D eigenvalue weighted by Crippen LogP contribution is -2.30. The number of nitrogens with one attached hydrogen (secondary N) is 3. The Bertz CT molecular complexity index is 1190. The Hall–Kier alpha value is -2.83. The second-order valence-corrected chi connectivity index (χ2v) is 9.07. The first-order valence-electron chi connectivity index (χ1n) is 10.0. The molecule has 0 spiro atoms. The quantitative estimate of drug-likeness (QED) is 0.195. The summed E-state index contributed by atoms with van der Waals surface area (Å²) in [5.41, 5.74) is 4.93. The molecule has 1 aromatic heterocycles. The Morgan fingerprint density at radius 1 is 1.16 bits per heavy atom. The highest BCUT2D eigenvalue weighted by molar-refractivity contribution is 7.89. The van der Waals surface area contributed by atoms with Crippen LogP contribution < -0.4 is 10.2 Å². The van der Waals surface area contributed by atoms with Crippen LogP contribution in [0.4, 0.5) is 11.4 Å². The van der Waals surface area contributed by atoms with Crippen LogP contribution in [0, 0.1) is 0 Å². The van der Waals surface area contributed by atoms with Gasteiger partial charge in [0.25, 0.3) is 0 Å². The van der Waals surface area contributed by atoms with Crippen molar-refractivity contribution in [1.29, 1.82) is 0 Å². The number of hydrogen-bond acceptors (Lipinski definition) is 8. The highest BCUT2D eigenvalue weighted by atomic mass is 32.2. The van der Waals surface area contributed by atoms with Gasteiger partial charge in [0, 0.05) is 25.1 Å². The molecule has 0 aliphatic carbocycles. The fourth-order valence-electron chi connectivity index (χ4n) is 2.96. The fraction of sp³-hybridized carbons (Fsp3) is 0.333. The van der Waals surface area contributed by atoms with Gasteiger partial charge in [-0.25, -0.2) is 13.1 Å². The maximum atomic E-state index is 12.5. The number of nitrogens with zero attached hydrogens (tertiary/aromatic N) is 2. The summed E-state index contributed by atoms with van der Waals surface area (Å²) in [6, 6.07) is 11.5. The van der Waals surface area contributed by atoms with E-state index >= 15 is 0 Å². The van der Waals surface area contributed by atoms with Crippen molar-refractivity contribution in [2.75, 3.05) is 20.3 Å². The maximum absolute atomic E-state index is 12.5. The summed E-state index contributed by atoms with van der Waals surface area (Å²) in [6.07, 6.45) is 0. The standard InChI is InChI=1S/C21H27N5O5S/c1-14(2)26-32(28,29)17-7-8-19-18(12-17)20(21(27)23-19)25-24-16-6-4-5-15(11-16)13-31-22-9-10-30-3/h4-8,11-12,14,22-23,26-27H,9-10,13H2,1-3H3. The average molecular weight is 462 g/mol. The largest absolute Gasteiger partial charge is 0.493 e. The molecule has 0 fully saturated rings. The predicted octanol–water partition coefficient (Wildman–Crippen LogP) is 3.64. The number of methoxy groups -OCH3 is 1. The molecule has 0 aliphatic heterocycles. The van der Waals surface area contributed by atoms with Gasteiger partial charge in [-0.05, 0) is 49.7 Å². The highest BCUT2D eigenvalue weighted by Crippen LogP contribution is 2.37. The van der Waals surface area contributed by atoms with E-state index in [0.717, 1.165) is 5.56 Å². The lowest BCUT2D eigenvalue weighted by Gasteiger charge is -2.09. The number of aromatic nitrogens is 1. The van der Waals surface area contributed by atoms with E-state index in [4.69, 9.17) is 9.57 Å². The van der Waals surface area contributed by atoms with Crippen LogP contribution in [0.2, 0.25) is 0 Å². The minimum atomic E-state index is -3.69. The van der Waals surface area contributed by atoms with Crippen LogP contribution in [0.1, 0.15) is 19.4 Å². The first-order valence-corrected chi connectivity index (χ1v) is 11.5. The summed E-state index contributed by atoms with van der Waals surface area (Å²) in [5.74, 6) is -0.197. The van der Waals surface area contributed by atoms with E-state index in [9.17, 15) is 13.5 Å². The molecule has 32 heavy (non-hydrogen) atoms. The summed E-state index contributed by atoms with van der Waals surface area (Å²) in [4.78, 5) is 8.23. The van der Waals surface area contributed by atoms with E-state index in [0.29, 0.717) is 36.3 Å². The van der Waals surface area contributed by atoms with Crippen molar-refractivity contribution in [1.82, 2.24) is 15.2 Å².